The third kappa shape index (κ3) is 5.84. The van der Waals surface area contributed by atoms with Crippen LogP contribution in [0.4, 0.5) is 11.6 Å². The lowest BCUT2D eigenvalue weighted by atomic mass is 10.1. The molecule has 6 rings (SSSR count). The molecule has 0 spiro atoms. The number of amides is 1. The molecule has 4 heterocycles. The molecule has 2 aliphatic rings. The molecule has 1 amide bonds. The number of nitrogens with one attached hydrogen (secondary N) is 2. The average molecular weight is 589 g/mol. The molecule has 3 aromatic heterocycles. The van der Waals surface area contributed by atoms with E-state index in [0.717, 1.165) is 31.4 Å². The number of rotatable bonds is 11. The minimum absolute atomic E-state index is 0.137. The summed E-state index contributed by atoms with van der Waals surface area (Å²) >= 11 is 1.55. The van der Waals surface area contributed by atoms with Crippen molar-refractivity contribution < 1.29 is 14.3 Å². The molecule has 1 saturated heterocycles. The second-order valence-corrected chi connectivity index (χ2v) is 11.9. The van der Waals surface area contributed by atoms with Crippen LogP contribution < -0.4 is 25.7 Å². The van der Waals surface area contributed by atoms with Crippen molar-refractivity contribution in [2.24, 2.45) is 13.0 Å². The molecule has 1 aliphatic heterocycles. The molecule has 10 nitrogen and oxygen atoms in total. The highest BCUT2D eigenvalue weighted by Gasteiger charge is 2.26. The number of carbonyl (C=O) groups excluding carboxylic acids is 1. The molecule has 1 unspecified atom stereocenters. The van der Waals surface area contributed by atoms with Crippen molar-refractivity contribution in [3.63, 3.8) is 0 Å². The number of benzene rings is 1. The Morgan fingerprint density at radius 1 is 1.19 bits per heavy atom. The number of ether oxygens (including phenoxy) is 2. The average Bonchev–Trinajstić information content (AvgIpc) is 3.49. The van der Waals surface area contributed by atoms with Crippen molar-refractivity contribution in [3.8, 4) is 22.6 Å². The molecule has 42 heavy (non-hydrogen) atoms. The number of nitrogens with zero attached hydrogens (tertiary/aromatic N) is 4. The van der Waals surface area contributed by atoms with E-state index in [1.807, 2.05) is 16.8 Å². The van der Waals surface area contributed by atoms with E-state index in [2.05, 4.69) is 27.6 Å². The summed E-state index contributed by atoms with van der Waals surface area (Å²) in [6.07, 6.45) is 7.21. The second kappa shape index (κ2) is 12.1. The maximum atomic E-state index is 13.3. The van der Waals surface area contributed by atoms with Gasteiger partial charge in [-0.2, -0.15) is 11.3 Å². The van der Waals surface area contributed by atoms with Gasteiger partial charge in [-0.05, 0) is 92.2 Å². The van der Waals surface area contributed by atoms with Crippen LogP contribution in [-0.4, -0.2) is 65.2 Å². The third-order valence-corrected chi connectivity index (χ3v) is 8.89. The number of fused-ring (bicyclic) bond motifs is 1. The highest BCUT2D eigenvalue weighted by molar-refractivity contribution is 7.08. The third-order valence-electron chi connectivity index (χ3n) is 8.21. The predicted octanol–water partition coefficient (Wildman–Crippen LogP) is 4.81. The number of anilines is 2. The fraction of sp³-hybridized carbons (Fsp3) is 0.419. The number of methoxy groups -OCH3 is 1. The van der Waals surface area contributed by atoms with Crippen LogP contribution in [0.2, 0.25) is 0 Å². The molecule has 1 atom stereocenters. The number of pyridine rings is 1. The zero-order chi connectivity index (χ0) is 29.2. The standard InChI is InChI=1S/C31H36N6O4S/c1-36-13-4-5-22(36)10-12-32-29(38)20-8-9-23(25(15-20)40-3)34-31-33-16-24-27(35-31)26(21-11-14-42-18-21)28(30(39)37(24)2)41-17-19-6-7-19/h8-9,11,14-16,18-19,22H,4-7,10,12-13,17H2,1-3H3,(H,32,38)(H,33,34,35). The van der Waals surface area contributed by atoms with E-state index in [1.54, 1.807) is 49.9 Å². The van der Waals surface area contributed by atoms with Crippen molar-refractivity contribution in [2.75, 3.05) is 39.2 Å². The van der Waals surface area contributed by atoms with Crippen molar-refractivity contribution >= 4 is 39.9 Å². The molecule has 1 aromatic carbocycles. The molecule has 4 aromatic rings. The quantitative estimate of drug-likeness (QED) is 0.257. The zero-order valence-electron chi connectivity index (χ0n) is 24.2. The molecule has 2 fully saturated rings. The van der Waals surface area contributed by atoms with Gasteiger partial charge in [-0.1, -0.05) is 0 Å². The van der Waals surface area contributed by atoms with E-state index in [4.69, 9.17) is 14.5 Å². The molecule has 0 bridgehead atoms. The maximum Gasteiger partial charge on any atom is 0.293 e. The fourth-order valence-corrected chi connectivity index (χ4v) is 6.14. The summed E-state index contributed by atoms with van der Waals surface area (Å²) in [5, 5.41) is 10.2. The van der Waals surface area contributed by atoms with Gasteiger partial charge in [-0.15, -0.1) is 0 Å². The molecule has 1 saturated carbocycles. The summed E-state index contributed by atoms with van der Waals surface area (Å²) in [7, 11) is 5.41. The molecule has 220 valence electrons. The highest BCUT2D eigenvalue weighted by Crippen LogP contribution is 2.37. The Bertz CT molecular complexity index is 1650. The Kier molecular flexibility index (Phi) is 8.12. The van der Waals surface area contributed by atoms with Crippen LogP contribution in [0.15, 0.2) is 46.0 Å². The minimum atomic E-state index is -0.209. The lowest BCUT2D eigenvalue weighted by molar-refractivity contribution is 0.0950. The van der Waals surface area contributed by atoms with Gasteiger partial charge in [0.15, 0.2) is 5.75 Å². The first-order chi connectivity index (χ1) is 20.4. The van der Waals surface area contributed by atoms with Gasteiger partial charge in [0.25, 0.3) is 11.5 Å². The summed E-state index contributed by atoms with van der Waals surface area (Å²) in [5.74, 6) is 1.50. The van der Waals surface area contributed by atoms with Crippen molar-refractivity contribution in [1.29, 1.82) is 0 Å². The molecular weight excluding hydrogens is 552 g/mol. The van der Waals surface area contributed by atoms with Gasteiger partial charge in [-0.25, -0.2) is 9.97 Å². The first-order valence-electron chi connectivity index (χ1n) is 14.4. The normalized spacial score (nSPS) is 17.0. The monoisotopic (exact) mass is 588 g/mol. The summed E-state index contributed by atoms with van der Waals surface area (Å²) in [4.78, 5) is 37.9. The van der Waals surface area contributed by atoms with Crippen LogP contribution in [0.1, 0.15) is 42.5 Å². The van der Waals surface area contributed by atoms with E-state index >= 15 is 0 Å². The molecule has 0 radical (unpaired) electrons. The predicted molar refractivity (Wildman–Crippen MR) is 165 cm³/mol. The molecule has 11 heteroatoms. The lowest BCUT2D eigenvalue weighted by Crippen LogP contribution is -2.31. The van der Waals surface area contributed by atoms with Crippen LogP contribution in [0.5, 0.6) is 11.5 Å². The zero-order valence-corrected chi connectivity index (χ0v) is 25.0. The van der Waals surface area contributed by atoms with Crippen molar-refractivity contribution in [1.82, 2.24) is 24.8 Å². The highest BCUT2D eigenvalue weighted by atomic mass is 32.1. The second-order valence-electron chi connectivity index (χ2n) is 11.1. The molecule has 2 N–H and O–H groups in total. The summed E-state index contributed by atoms with van der Waals surface area (Å²) in [6, 6.07) is 7.75. The van der Waals surface area contributed by atoms with E-state index in [-0.39, 0.29) is 11.5 Å². The van der Waals surface area contributed by atoms with Crippen LogP contribution >= 0.6 is 11.3 Å². The summed E-state index contributed by atoms with van der Waals surface area (Å²) in [6.45, 7) is 2.26. The number of hydrogen-bond acceptors (Lipinski definition) is 9. The summed E-state index contributed by atoms with van der Waals surface area (Å²) < 4.78 is 13.3. The Morgan fingerprint density at radius 3 is 2.76 bits per heavy atom. The van der Waals surface area contributed by atoms with Gasteiger partial charge in [0.05, 0.1) is 36.7 Å². The van der Waals surface area contributed by atoms with E-state index in [9.17, 15) is 9.59 Å². The molecule has 1 aliphatic carbocycles. The first-order valence-corrected chi connectivity index (χ1v) is 15.4. The topological polar surface area (TPSA) is 111 Å². The van der Waals surface area contributed by atoms with Crippen LogP contribution in [0.25, 0.3) is 22.2 Å². The maximum absolute atomic E-state index is 13.3. The number of carbonyl (C=O) groups is 1. The van der Waals surface area contributed by atoms with Crippen LogP contribution in [0, 0.1) is 5.92 Å². The number of hydrogen-bond donors (Lipinski definition) is 2. The Labute approximate surface area is 248 Å². The number of likely N-dealkylation sites (tertiary alicyclic amines) is 1. The van der Waals surface area contributed by atoms with Gasteiger partial charge in [-0.3, -0.25) is 9.59 Å². The van der Waals surface area contributed by atoms with Crippen molar-refractivity contribution in [3.05, 3.63) is 57.1 Å². The van der Waals surface area contributed by atoms with Gasteiger partial charge in [0.1, 0.15) is 11.3 Å². The smallest absolute Gasteiger partial charge is 0.293 e. The van der Waals surface area contributed by atoms with E-state index in [0.29, 0.717) is 70.4 Å². The SMILES string of the molecule is COc1cc(C(=O)NCCC2CCCN2C)ccc1Nc1ncc2c(n1)c(-c1ccsc1)c(OCC1CC1)c(=O)n2C. The first kappa shape index (κ1) is 28.2. The van der Waals surface area contributed by atoms with Gasteiger partial charge in [0.2, 0.25) is 5.95 Å². The van der Waals surface area contributed by atoms with Gasteiger partial charge < -0.3 is 29.6 Å². The molecular formula is C31H36N6O4S. The fourth-order valence-electron chi connectivity index (χ4n) is 5.49. The number of aromatic nitrogens is 3. The van der Waals surface area contributed by atoms with Crippen LogP contribution in [0.3, 0.4) is 0 Å². The number of aryl methyl sites for hydroxylation is 1. The van der Waals surface area contributed by atoms with E-state index < -0.39 is 0 Å². The Hall–Kier alpha value is -3.96. The Balaban J connectivity index is 1.26. The van der Waals surface area contributed by atoms with Crippen LogP contribution in [-0.2, 0) is 7.05 Å². The van der Waals surface area contributed by atoms with Gasteiger partial charge in [0, 0.05) is 25.2 Å². The number of thiophene rings is 1. The lowest BCUT2D eigenvalue weighted by Gasteiger charge is -2.19. The van der Waals surface area contributed by atoms with Crippen molar-refractivity contribution in [2.45, 2.75) is 38.1 Å². The largest absolute Gasteiger partial charge is 0.495 e. The summed E-state index contributed by atoms with van der Waals surface area (Å²) in [5.41, 5.74) is 3.69. The Morgan fingerprint density at radius 2 is 2.05 bits per heavy atom. The minimum Gasteiger partial charge on any atom is -0.495 e. The van der Waals surface area contributed by atoms with Gasteiger partial charge >= 0.3 is 0 Å². The van der Waals surface area contributed by atoms with E-state index in [1.165, 1.54) is 17.4 Å².